The van der Waals surface area contributed by atoms with Crippen LogP contribution < -0.4 is 0 Å². The molecule has 3 aliphatic rings. The summed E-state index contributed by atoms with van der Waals surface area (Å²) in [7, 11) is 1.78. The summed E-state index contributed by atoms with van der Waals surface area (Å²) in [6.07, 6.45) is 19.5. The third-order valence-corrected chi connectivity index (χ3v) is 8.74. The molecule has 1 atom stereocenters. The molecular weight excluding hydrogens is 569 g/mol. The molecule has 0 bridgehead atoms. The maximum atomic E-state index is 12.8. The molecular formula is C39H47F3N2O. The van der Waals surface area contributed by atoms with E-state index in [2.05, 4.69) is 77.2 Å². The first-order valence-corrected chi connectivity index (χ1v) is 16.3. The van der Waals surface area contributed by atoms with E-state index in [-0.39, 0.29) is 12.3 Å². The largest absolute Gasteiger partial charge is 0.391 e. The summed E-state index contributed by atoms with van der Waals surface area (Å²) in [5, 5.41) is 0. The third-order valence-electron chi connectivity index (χ3n) is 8.74. The van der Waals surface area contributed by atoms with Gasteiger partial charge in [0.05, 0.1) is 5.92 Å². The molecule has 0 N–H and O–H groups in total. The Labute approximate surface area is 267 Å². The zero-order valence-corrected chi connectivity index (χ0v) is 27.0. The van der Waals surface area contributed by atoms with Gasteiger partial charge in [0.1, 0.15) is 0 Å². The van der Waals surface area contributed by atoms with Crippen molar-refractivity contribution in [1.82, 2.24) is 4.90 Å². The fourth-order valence-electron chi connectivity index (χ4n) is 5.88. The van der Waals surface area contributed by atoms with E-state index in [9.17, 15) is 18.0 Å². The number of alkyl halides is 3. The van der Waals surface area contributed by atoms with E-state index in [1.807, 2.05) is 12.3 Å². The average molecular weight is 617 g/mol. The van der Waals surface area contributed by atoms with Gasteiger partial charge in [-0.1, -0.05) is 73.7 Å². The maximum Gasteiger partial charge on any atom is 0.391 e. The van der Waals surface area contributed by atoms with Crippen LogP contribution >= 0.6 is 0 Å². The zero-order chi connectivity index (χ0) is 32.4. The number of carbonyl (C=O) groups is 1. The normalized spacial score (nSPS) is 20.9. The van der Waals surface area contributed by atoms with Crippen LogP contribution in [0.5, 0.6) is 0 Å². The van der Waals surface area contributed by atoms with Crippen molar-refractivity contribution in [3.8, 4) is 0 Å². The molecule has 240 valence electrons. The molecule has 1 fully saturated rings. The Hall–Kier alpha value is -3.67. The van der Waals surface area contributed by atoms with Crippen LogP contribution in [-0.2, 0) is 4.79 Å². The molecule has 2 aliphatic carbocycles. The lowest BCUT2D eigenvalue weighted by atomic mass is 9.88. The van der Waals surface area contributed by atoms with E-state index in [1.54, 1.807) is 14.0 Å². The van der Waals surface area contributed by atoms with Crippen LogP contribution in [0, 0.1) is 11.8 Å². The fraction of sp³-hybridized carbons (Fsp3) is 0.436. The van der Waals surface area contributed by atoms with Crippen molar-refractivity contribution in [2.75, 3.05) is 20.1 Å². The molecule has 0 aromatic heterocycles. The van der Waals surface area contributed by atoms with E-state index < -0.39 is 12.1 Å². The van der Waals surface area contributed by atoms with Gasteiger partial charge in [-0.15, -0.1) is 0 Å². The number of aliphatic imine (C=N–C) groups is 1. The Morgan fingerprint density at radius 1 is 1.13 bits per heavy atom. The number of allylic oxidation sites excluding steroid dienone is 9. The third kappa shape index (κ3) is 10.2. The van der Waals surface area contributed by atoms with E-state index >= 15 is 0 Å². The lowest BCUT2D eigenvalue weighted by Crippen LogP contribution is -2.29. The monoisotopic (exact) mass is 616 g/mol. The number of Topliss-reactive ketones (excluding diaryl/α,β-unsaturated/α-hetero) is 1. The second-order valence-electron chi connectivity index (χ2n) is 12.5. The molecule has 0 spiro atoms. The van der Waals surface area contributed by atoms with Crippen LogP contribution in [0.1, 0.15) is 82.8 Å². The number of unbranched alkanes of at least 4 members (excludes halogenated alkanes) is 1. The second-order valence-corrected chi connectivity index (χ2v) is 12.5. The molecule has 3 nitrogen and oxygen atoms in total. The highest BCUT2D eigenvalue weighted by Gasteiger charge is 2.35. The Morgan fingerprint density at radius 2 is 1.89 bits per heavy atom. The smallest absolute Gasteiger partial charge is 0.371 e. The Balaban J connectivity index is 1.40. The van der Waals surface area contributed by atoms with Crippen molar-refractivity contribution in [3.63, 3.8) is 0 Å². The Bertz CT molecular complexity index is 1430. The molecule has 1 unspecified atom stereocenters. The summed E-state index contributed by atoms with van der Waals surface area (Å²) in [4.78, 5) is 19.3. The van der Waals surface area contributed by atoms with Crippen molar-refractivity contribution in [2.24, 2.45) is 16.8 Å². The van der Waals surface area contributed by atoms with Gasteiger partial charge in [-0.25, -0.2) is 0 Å². The summed E-state index contributed by atoms with van der Waals surface area (Å²) in [6.45, 7) is 9.14. The van der Waals surface area contributed by atoms with Crippen molar-refractivity contribution in [3.05, 3.63) is 106 Å². The minimum Gasteiger partial charge on any atom is -0.371 e. The summed E-state index contributed by atoms with van der Waals surface area (Å²) >= 11 is 0. The standard InChI is InChI=1S/C39H47F3N2O/c1-28(26-30(3)39(40,41)42)10-6-5-7-11-31-15-18-32(19-16-31)35-17-14-29(2)36(27-35)37(22-23-43-4)44-24-8-12-33(13-9-25-44)38(45)34-20-21-34/h7,10-12,15-19,22-23,27,30,34H,2,5-6,8-9,13-14,20-21,24-26H2,1,3-4H3/b11-7+,28-10-,33-12-,37-22+,43-23-. The highest BCUT2D eigenvalue weighted by molar-refractivity contribution is 5.98. The fourth-order valence-corrected chi connectivity index (χ4v) is 5.88. The molecule has 6 heteroatoms. The number of carbonyl (C=O) groups excluding carboxylic acids is 1. The molecule has 4 rings (SSSR count). The molecule has 45 heavy (non-hydrogen) atoms. The number of halogens is 3. The van der Waals surface area contributed by atoms with Crippen molar-refractivity contribution >= 4 is 23.6 Å². The number of nitrogens with zero attached hydrogens (tertiary/aromatic N) is 2. The first-order chi connectivity index (χ1) is 21.6. The Morgan fingerprint density at radius 3 is 2.58 bits per heavy atom. The summed E-state index contributed by atoms with van der Waals surface area (Å²) < 4.78 is 38.4. The van der Waals surface area contributed by atoms with Gasteiger partial charge in [-0.05, 0) is 105 Å². The quantitative estimate of drug-likeness (QED) is 0.133. The first kappa shape index (κ1) is 34.2. The van der Waals surface area contributed by atoms with Gasteiger partial charge in [-0.2, -0.15) is 13.2 Å². The Kier molecular flexibility index (Phi) is 12.2. The van der Waals surface area contributed by atoms with Crippen LogP contribution in [0.3, 0.4) is 0 Å². The molecule has 1 saturated carbocycles. The minimum atomic E-state index is -4.14. The highest BCUT2D eigenvalue weighted by atomic mass is 19.4. The van der Waals surface area contributed by atoms with Crippen molar-refractivity contribution < 1.29 is 18.0 Å². The number of hydrogen-bond acceptors (Lipinski definition) is 3. The van der Waals surface area contributed by atoms with Gasteiger partial charge < -0.3 is 4.90 Å². The molecule has 1 aliphatic heterocycles. The highest BCUT2D eigenvalue weighted by Crippen LogP contribution is 2.36. The van der Waals surface area contributed by atoms with Gasteiger partial charge in [0, 0.05) is 43.5 Å². The molecule has 0 radical (unpaired) electrons. The zero-order valence-electron chi connectivity index (χ0n) is 27.0. The maximum absolute atomic E-state index is 12.8. The second kappa shape index (κ2) is 16.1. The lowest BCUT2D eigenvalue weighted by molar-refractivity contribution is -0.169. The molecule has 1 heterocycles. The summed E-state index contributed by atoms with van der Waals surface area (Å²) in [6, 6.07) is 8.46. The minimum absolute atomic E-state index is 0.0518. The number of benzene rings is 1. The predicted octanol–water partition coefficient (Wildman–Crippen LogP) is 10.3. The van der Waals surface area contributed by atoms with Gasteiger partial charge in [0.25, 0.3) is 0 Å². The lowest BCUT2D eigenvalue weighted by Gasteiger charge is -2.32. The number of hydrogen-bond donors (Lipinski definition) is 0. The summed E-state index contributed by atoms with van der Waals surface area (Å²) in [5.74, 6) is -0.664. The number of ketones is 1. The van der Waals surface area contributed by atoms with Crippen molar-refractivity contribution in [2.45, 2.75) is 77.8 Å². The predicted molar refractivity (Wildman–Crippen MR) is 182 cm³/mol. The molecule has 0 saturated heterocycles. The average Bonchev–Trinajstić information content (AvgIpc) is 3.84. The van der Waals surface area contributed by atoms with Gasteiger partial charge >= 0.3 is 6.18 Å². The van der Waals surface area contributed by atoms with Crippen LogP contribution in [-0.4, -0.2) is 43.2 Å². The molecule has 0 amide bonds. The number of rotatable bonds is 12. The van der Waals surface area contributed by atoms with Gasteiger partial charge in [0.2, 0.25) is 0 Å². The summed E-state index contributed by atoms with van der Waals surface area (Å²) in [5.41, 5.74) is 8.52. The molecule has 1 aromatic rings. The topological polar surface area (TPSA) is 32.7 Å². The van der Waals surface area contributed by atoms with Gasteiger partial charge in [0.15, 0.2) is 5.78 Å². The van der Waals surface area contributed by atoms with Crippen LogP contribution in [0.2, 0.25) is 0 Å². The molecule has 1 aromatic carbocycles. The van der Waals surface area contributed by atoms with E-state index in [0.717, 1.165) is 109 Å². The van der Waals surface area contributed by atoms with Crippen molar-refractivity contribution in [1.29, 1.82) is 0 Å². The first-order valence-electron chi connectivity index (χ1n) is 16.3. The van der Waals surface area contributed by atoms with E-state index in [0.29, 0.717) is 5.78 Å². The van der Waals surface area contributed by atoms with E-state index in [1.165, 1.54) is 6.92 Å². The van der Waals surface area contributed by atoms with Crippen LogP contribution in [0.15, 0.2) is 100 Å². The van der Waals surface area contributed by atoms with Gasteiger partial charge in [-0.3, -0.25) is 9.79 Å². The SMILES string of the molecule is C=C1CC=C(c2ccc(/C=C/CC/C=C(/C)CC(C)C(F)(F)F)cc2)C=C1/C(=C\C=N/C)N1CC/C=C(\C(=O)C2CC2)CCC1. The van der Waals surface area contributed by atoms with Crippen LogP contribution in [0.4, 0.5) is 13.2 Å². The van der Waals surface area contributed by atoms with E-state index in [4.69, 9.17) is 0 Å². The van der Waals surface area contributed by atoms with Crippen LogP contribution in [0.25, 0.3) is 11.6 Å².